The number of aryl methyl sites for hydroxylation is 1. The van der Waals surface area contributed by atoms with Crippen LogP contribution in [0.1, 0.15) is 24.2 Å². The van der Waals surface area contributed by atoms with Crippen molar-refractivity contribution in [2.24, 2.45) is 0 Å². The summed E-state index contributed by atoms with van der Waals surface area (Å²) < 4.78 is 24.9. The zero-order chi connectivity index (χ0) is 13.5. The standard InChI is InChI=1S/C12H17N3O2S2/c1-9-11(15-4-5-18-12(15)14-9)8-13-10-2-6-19(16,17)7-3-10/h4-5,10,13H,2-3,6-8H2,1H3. The van der Waals surface area contributed by atoms with Crippen LogP contribution in [0.2, 0.25) is 0 Å². The Morgan fingerprint density at radius 3 is 2.95 bits per heavy atom. The van der Waals surface area contributed by atoms with Crippen LogP contribution in [0.5, 0.6) is 0 Å². The average Bonchev–Trinajstić information content (AvgIpc) is 2.89. The lowest BCUT2D eigenvalue weighted by Gasteiger charge is -2.23. The van der Waals surface area contributed by atoms with E-state index in [1.54, 1.807) is 11.3 Å². The predicted molar refractivity (Wildman–Crippen MR) is 76.3 cm³/mol. The van der Waals surface area contributed by atoms with Gasteiger partial charge in [-0.3, -0.25) is 4.40 Å². The van der Waals surface area contributed by atoms with Gasteiger partial charge >= 0.3 is 0 Å². The molecule has 0 aromatic carbocycles. The molecule has 7 heteroatoms. The lowest BCUT2D eigenvalue weighted by atomic mass is 10.1. The second-order valence-corrected chi connectivity index (χ2v) is 8.18. The summed E-state index contributed by atoms with van der Waals surface area (Å²) in [6.07, 6.45) is 3.46. The van der Waals surface area contributed by atoms with Crippen LogP contribution >= 0.6 is 11.3 Å². The third kappa shape index (κ3) is 2.68. The number of imidazole rings is 1. The van der Waals surface area contributed by atoms with Gasteiger partial charge < -0.3 is 5.32 Å². The molecule has 0 unspecified atom stereocenters. The lowest BCUT2D eigenvalue weighted by Crippen LogP contribution is -2.37. The minimum Gasteiger partial charge on any atom is -0.308 e. The Hall–Kier alpha value is -0.920. The van der Waals surface area contributed by atoms with Gasteiger partial charge in [-0.15, -0.1) is 11.3 Å². The van der Waals surface area contributed by atoms with Crippen LogP contribution in [0, 0.1) is 6.92 Å². The van der Waals surface area contributed by atoms with Crippen molar-refractivity contribution in [2.45, 2.75) is 32.4 Å². The highest BCUT2D eigenvalue weighted by atomic mass is 32.2. The van der Waals surface area contributed by atoms with Gasteiger partial charge in [-0.25, -0.2) is 13.4 Å². The number of thiazole rings is 1. The topological polar surface area (TPSA) is 63.5 Å². The van der Waals surface area contributed by atoms with Crippen molar-refractivity contribution < 1.29 is 8.42 Å². The zero-order valence-corrected chi connectivity index (χ0v) is 12.4. The summed E-state index contributed by atoms with van der Waals surface area (Å²) in [5, 5.41) is 5.49. The van der Waals surface area contributed by atoms with Crippen LogP contribution in [-0.4, -0.2) is 35.4 Å². The molecule has 0 radical (unpaired) electrons. The molecule has 0 bridgehead atoms. The third-order valence-corrected chi connectivity index (χ3v) is 6.15. The summed E-state index contributed by atoms with van der Waals surface area (Å²) in [4.78, 5) is 5.52. The molecule has 1 aliphatic rings. The zero-order valence-electron chi connectivity index (χ0n) is 10.8. The maximum absolute atomic E-state index is 11.4. The van der Waals surface area contributed by atoms with Crippen molar-refractivity contribution >= 4 is 26.1 Å². The number of sulfone groups is 1. The van der Waals surface area contributed by atoms with E-state index in [4.69, 9.17) is 0 Å². The first kappa shape index (κ1) is 13.1. The van der Waals surface area contributed by atoms with E-state index in [1.165, 1.54) is 5.69 Å². The number of nitrogens with one attached hydrogen (secondary N) is 1. The van der Waals surface area contributed by atoms with Crippen LogP contribution in [0.4, 0.5) is 0 Å². The Labute approximate surface area is 116 Å². The molecule has 19 heavy (non-hydrogen) atoms. The fourth-order valence-electron chi connectivity index (χ4n) is 2.49. The van der Waals surface area contributed by atoms with Crippen molar-refractivity contribution in [3.05, 3.63) is 23.0 Å². The molecule has 3 rings (SSSR count). The molecule has 1 saturated heterocycles. The van der Waals surface area contributed by atoms with E-state index in [2.05, 4.69) is 14.7 Å². The van der Waals surface area contributed by atoms with Crippen LogP contribution < -0.4 is 5.32 Å². The fraction of sp³-hybridized carbons (Fsp3) is 0.583. The van der Waals surface area contributed by atoms with E-state index in [1.807, 2.05) is 18.5 Å². The van der Waals surface area contributed by atoms with Gasteiger partial charge in [-0.1, -0.05) is 0 Å². The average molecular weight is 299 g/mol. The first-order chi connectivity index (χ1) is 9.05. The minimum atomic E-state index is -2.78. The van der Waals surface area contributed by atoms with Gasteiger partial charge in [0.05, 0.1) is 22.9 Å². The first-order valence-corrected chi connectivity index (χ1v) is 9.10. The minimum absolute atomic E-state index is 0.298. The Kier molecular flexibility index (Phi) is 3.36. The molecule has 0 aliphatic carbocycles. The smallest absolute Gasteiger partial charge is 0.194 e. The van der Waals surface area contributed by atoms with Crippen LogP contribution in [-0.2, 0) is 16.4 Å². The summed E-state index contributed by atoms with van der Waals surface area (Å²) in [7, 11) is -2.78. The Morgan fingerprint density at radius 1 is 1.47 bits per heavy atom. The Balaban J connectivity index is 1.66. The number of aromatic nitrogens is 2. The normalized spacial score (nSPS) is 20.1. The Bertz CT molecular complexity index is 673. The number of rotatable bonds is 3. The summed E-state index contributed by atoms with van der Waals surface area (Å²) in [5.41, 5.74) is 2.22. The summed E-state index contributed by atoms with van der Waals surface area (Å²) >= 11 is 1.63. The maximum atomic E-state index is 11.4. The van der Waals surface area contributed by atoms with Gasteiger partial charge in [0, 0.05) is 24.2 Å². The van der Waals surface area contributed by atoms with Crippen LogP contribution in [0.25, 0.3) is 4.96 Å². The second kappa shape index (κ2) is 4.88. The molecule has 5 nitrogen and oxygen atoms in total. The van der Waals surface area contributed by atoms with Gasteiger partial charge in [-0.2, -0.15) is 0 Å². The van der Waals surface area contributed by atoms with E-state index >= 15 is 0 Å². The van der Waals surface area contributed by atoms with Crippen LogP contribution in [0.3, 0.4) is 0 Å². The highest BCUT2D eigenvalue weighted by Crippen LogP contribution is 2.18. The third-order valence-electron chi connectivity index (χ3n) is 3.67. The molecule has 0 atom stereocenters. The highest BCUT2D eigenvalue weighted by Gasteiger charge is 2.23. The van der Waals surface area contributed by atoms with Crippen molar-refractivity contribution in [3.63, 3.8) is 0 Å². The molecule has 1 fully saturated rings. The van der Waals surface area contributed by atoms with Gasteiger partial charge in [0.15, 0.2) is 4.96 Å². The molecule has 104 valence electrons. The molecular weight excluding hydrogens is 282 g/mol. The summed E-state index contributed by atoms with van der Waals surface area (Å²) in [6.45, 7) is 2.76. The molecule has 0 amide bonds. The van der Waals surface area contributed by atoms with Crippen molar-refractivity contribution in [2.75, 3.05) is 11.5 Å². The van der Waals surface area contributed by atoms with Crippen LogP contribution in [0.15, 0.2) is 11.6 Å². The van der Waals surface area contributed by atoms with Gasteiger partial charge in [-0.05, 0) is 19.8 Å². The second-order valence-electron chi connectivity index (χ2n) is 5.01. The number of hydrogen-bond donors (Lipinski definition) is 1. The summed E-state index contributed by atoms with van der Waals surface area (Å²) in [5.74, 6) is 0.619. The monoisotopic (exact) mass is 299 g/mol. The SMILES string of the molecule is Cc1nc2sccn2c1CNC1CCS(=O)(=O)CC1. The highest BCUT2D eigenvalue weighted by molar-refractivity contribution is 7.91. The maximum Gasteiger partial charge on any atom is 0.194 e. The molecule has 0 saturated carbocycles. The molecular formula is C12H17N3O2S2. The summed E-state index contributed by atoms with van der Waals surface area (Å²) in [6, 6.07) is 0.298. The number of fused-ring (bicyclic) bond motifs is 1. The first-order valence-electron chi connectivity index (χ1n) is 6.40. The molecule has 1 aliphatic heterocycles. The Morgan fingerprint density at radius 2 is 2.21 bits per heavy atom. The van der Waals surface area contributed by atoms with Gasteiger partial charge in [0.25, 0.3) is 0 Å². The fourth-order valence-corrected chi connectivity index (χ4v) is 4.76. The van der Waals surface area contributed by atoms with E-state index in [0.29, 0.717) is 30.4 Å². The van der Waals surface area contributed by atoms with Gasteiger partial charge in [0.1, 0.15) is 9.84 Å². The number of hydrogen-bond acceptors (Lipinski definition) is 5. The molecule has 1 N–H and O–H groups in total. The van der Waals surface area contributed by atoms with E-state index < -0.39 is 9.84 Å². The van der Waals surface area contributed by atoms with E-state index in [0.717, 1.165) is 17.2 Å². The number of nitrogens with zero attached hydrogens (tertiary/aromatic N) is 2. The predicted octanol–water partition coefficient (Wildman–Crippen LogP) is 1.37. The molecule has 0 spiro atoms. The molecule has 3 heterocycles. The van der Waals surface area contributed by atoms with Crippen molar-refractivity contribution in [1.29, 1.82) is 0 Å². The largest absolute Gasteiger partial charge is 0.308 e. The van der Waals surface area contributed by atoms with Crippen molar-refractivity contribution in [1.82, 2.24) is 14.7 Å². The molecule has 2 aromatic rings. The van der Waals surface area contributed by atoms with Crippen molar-refractivity contribution in [3.8, 4) is 0 Å². The van der Waals surface area contributed by atoms with E-state index in [9.17, 15) is 8.42 Å². The van der Waals surface area contributed by atoms with Gasteiger partial charge in [0.2, 0.25) is 0 Å². The quantitative estimate of drug-likeness (QED) is 0.930. The lowest BCUT2D eigenvalue weighted by molar-refractivity contribution is 0.459. The molecule has 2 aromatic heterocycles. The van der Waals surface area contributed by atoms with E-state index in [-0.39, 0.29) is 0 Å².